The number of aromatic hydroxyl groups is 1. The van der Waals surface area contributed by atoms with E-state index in [0.717, 1.165) is 0 Å². The number of hydrogen-bond donors (Lipinski definition) is 3. The van der Waals surface area contributed by atoms with Gasteiger partial charge in [-0.3, -0.25) is 14.4 Å². The first-order valence-electron chi connectivity index (χ1n) is 7.76. The molecule has 0 atom stereocenters. The maximum Gasteiger partial charge on any atom is 0.253 e. The zero-order valence-corrected chi connectivity index (χ0v) is 14.1. The van der Waals surface area contributed by atoms with Crippen LogP contribution in [0.4, 0.5) is 22.7 Å². The Labute approximate surface area is 148 Å². The van der Waals surface area contributed by atoms with Crippen molar-refractivity contribution in [3.63, 3.8) is 0 Å². The van der Waals surface area contributed by atoms with Crippen LogP contribution in [0.5, 0.6) is 11.5 Å². The molecule has 0 heterocycles. The standard InChI is InChI=1S/C19H16N2O5/c1-10(22)13-7-4-8-14(17(13)23)21-16-15(18(24)19(16)25)20-11-5-3-6-12(9-11)26-2/h3-9,20-21,23H,1-2H3. The molecule has 7 heteroatoms. The van der Waals surface area contributed by atoms with E-state index in [0.29, 0.717) is 11.4 Å². The lowest BCUT2D eigenvalue weighted by Gasteiger charge is -2.16. The molecular formula is C19H16N2O5. The maximum atomic E-state index is 11.9. The van der Waals surface area contributed by atoms with Gasteiger partial charge in [-0.1, -0.05) is 12.1 Å². The predicted octanol–water partition coefficient (Wildman–Crippen LogP) is 2.69. The fraction of sp³-hybridized carbons (Fsp3) is 0.105. The van der Waals surface area contributed by atoms with Crippen LogP contribution in [0, 0.1) is 0 Å². The number of ether oxygens (including phenoxy) is 1. The van der Waals surface area contributed by atoms with Crippen LogP contribution in [0.15, 0.2) is 52.1 Å². The molecule has 0 radical (unpaired) electrons. The first kappa shape index (κ1) is 17.2. The second kappa shape index (κ2) is 6.72. The zero-order valence-electron chi connectivity index (χ0n) is 14.1. The minimum atomic E-state index is -0.706. The van der Waals surface area contributed by atoms with Gasteiger partial charge < -0.3 is 20.5 Å². The summed E-state index contributed by atoms with van der Waals surface area (Å²) in [7, 11) is 1.52. The Balaban J connectivity index is 1.93. The molecule has 3 N–H and O–H groups in total. The van der Waals surface area contributed by atoms with Crippen molar-refractivity contribution in [2.75, 3.05) is 17.7 Å². The van der Waals surface area contributed by atoms with Gasteiger partial charge in [0.05, 0.1) is 18.4 Å². The van der Waals surface area contributed by atoms with E-state index >= 15 is 0 Å². The molecule has 3 aromatic carbocycles. The maximum absolute atomic E-state index is 11.9. The summed E-state index contributed by atoms with van der Waals surface area (Å²) in [5.74, 6) is 0.00117. The van der Waals surface area contributed by atoms with Crippen molar-refractivity contribution in [3.05, 3.63) is 68.5 Å². The third-order valence-corrected chi connectivity index (χ3v) is 3.92. The predicted molar refractivity (Wildman–Crippen MR) is 99.0 cm³/mol. The highest BCUT2D eigenvalue weighted by Crippen LogP contribution is 2.32. The van der Waals surface area contributed by atoms with Crippen molar-refractivity contribution >= 4 is 28.5 Å². The van der Waals surface area contributed by atoms with Gasteiger partial charge in [-0.05, 0) is 31.2 Å². The number of carbonyl (C=O) groups is 1. The van der Waals surface area contributed by atoms with Crippen LogP contribution >= 0.6 is 0 Å². The number of rotatable bonds is 6. The van der Waals surface area contributed by atoms with Crippen LogP contribution < -0.4 is 26.2 Å². The quantitative estimate of drug-likeness (QED) is 0.356. The molecule has 3 rings (SSSR count). The third kappa shape index (κ3) is 3.02. The van der Waals surface area contributed by atoms with E-state index in [1.807, 2.05) is 0 Å². The van der Waals surface area contributed by atoms with Crippen LogP contribution in [0.1, 0.15) is 17.3 Å². The van der Waals surface area contributed by atoms with Gasteiger partial charge in [-0.25, -0.2) is 0 Å². The summed E-state index contributed by atoms with van der Waals surface area (Å²) in [6.45, 7) is 1.33. The summed E-state index contributed by atoms with van der Waals surface area (Å²) in [5.41, 5.74) is -0.416. The molecule has 7 nitrogen and oxygen atoms in total. The van der Waals surface area contributed by atoms with Gasteiger partial charge >= 0.3 is 0 Å². The number of carbonyl (C=O) groups excluding carboxylic acids is 1. The van der Waals surface area contributed by atoms with Crippen molar-refractivity contribution in [2.24, 2.45) is 0 Å². The zero-order chi connectivity index (χ0) is 18.8. The van der Waals surface area contributed by atoms with Crippen molar-refractivity contribution < 1.29 is 14.6 Å². The van der Waals surface area contributed by atoms with E-state index in [1.54, 1.807) is 30.3 Å². The minimum absolute atomic E-state index is 0.0221. The van der Waals surface area contributed by atoms with E-state index in [2.05, 4.69) is 10.6 Å². The fourth-order valence-electron chi connectivity index (χ4n) is 2.54. The molecule has 0 unspecified atom stereocenters. The number of phenols is 1. The van der Waals surface area contributed by atoms with Gasteiger partial charge in [0.25, 0.3) is 10.9 Å². The molecule has 0 aliphatic carbocycles. The number of methoxy groups -OCH3 is 1. The van der Waals surface area contributed by atoms with Crippen molar-refractivity contribution in [2.45, 2.75) is 6.92 Å². The SMILES string of the molecule is COc1cccc(Nc2c(Nc3cccc(C(C)=O)c3O)c(=O)c2=O)c1. The molecule has 0 amide bonds. The van der Waals surface area contributed by atoms with E-state index in [4.69, 9.17) is 4.74 Å². The number of hydrogen-bond acceptors (Lipinski definition) is 7. The largest absolute Gasteiger partial charge is 0.505 e. The van der Waals surface area contributed by atoms with E-state index in [-0.39, 0.29) is 34.2 Å². The summed E-state index contributed by atoms with van der Waals surface area (Å²) in [4.78, 5) is 35.4. The topological polar surface area (TPSA) is 105 Å². The monoisotopic (exact) mass is 352 g/mol. The van der Waals surface area contributed by atoms with Gasteiger partial charge in [0, 0.05) is 11.8 Å². The molecule has 132 valence electrons. The Morgan fingerprint density at radius 1 is 1.00 bits per heavy atom. The van der Waals surface area contributed by atoms with Gasteiger partial charge in [0.15, 0.2) is 5.78 Å². The molecule has 0 saturated carbocycles. The van der Waals surface area contributed by atoms with E-state index in [9.17, 15) is 19.5 Å². The lowest BCUT2D eigenvalue weighted by molar-refractivity contribution is 0.101. The summed E-state index contributed by atoms with van der Waals surface area (Å²) < 4.78 is 5.12. The van der Waals surface area contributed by atoms with Gasteiger partial charge in [-0.2, -0.15) is 0 Å². The Morgan fingerprint density at radius 3 is 2.31 bits per heavy atom. The number of nitrogens with one attached hydrogen (secondary N) is 2. The Morgan fingerprint density at radius 2 is 1.65 bits per heavy atom. The van der Waals surface area contributed by atoms with Crippen LogP contribution in [-0.4, -0.2) is 18.0 Å². The van der Waals surface area contributed by atoms with Crippen LogP contribution in [0.25, 0.3) is 0 Å². The first-order valence-corrected chi connectivity index (χ1v) is 7.76. The molecule has 3 aromatic rings. The van der Waals surface area contributed by atoms with Gasteiger partial charge in [0.1, 0.15) is 22.9 Å². The molecule has 26 heavy (non-hydrogen) atoms. The molecule has 0 aliphatic heterocycles. The lowest BCUT2D eigenvalue weighted by Crippen LogP contribution is -2.35. The van der Waals surface area contributed by atoms with Crippen molar-refractivity contribution in [1.82, 2.24) is 0 Å². The molecule has 0 aliphatic rings. The average Bonchev–Trinajstić information content (AvgIpc) is 2.65. The number of para-hydroxylation sites is 1. The highest BCUT2D eigenvalue weighted by Gasteiger charge is 2.23. The number of Topliss-reactive ketones (excluding diaryl/α,β-unsaturated/α-hetero) is 1. The summed E-state index contributed by atoms with van der Waals surface area (Å²) >= 11 is 0. The van der Waals surface area contributed by atoms with Gasteiger partial charge in [-0.15, -0.1) is 0 Å². The van der Waals surface area contributed by atoms with Crippen molar-refractivity contribution in [1.29, 1.82) is 0 Å². The summed E-state index contributed by atoms with van der Waals surface area (Å²) in [6, 6.07) is 11.4. The third-order valence-electron chi connectivity index (χ3n) is 3.92. The number of anilines is 4. The molecule has 0 fully saturated rings. The molecule has 0 spiro atoms. The van der Waals surface area contributed by atoms with Crippen LogP contribution in [-0.2, 0) is 0 Å². The first-order chi connectivity index (χ1) is 12.4. The fourth-order valence-corrected chi connectivity index (χ4v) is 2.54. The Bertz CT molecular complexity index is 1060. The van der Waals surface area contributed by atoms with Crippen LogP contribution in [0.2, 0.25) is 0 Å². The van der Waals surface area contributed by atoms with Gasteiger partial charge in [0.2, 0.25) is 0 Å². The summed E-state index contributed by atoms with van der Waals surface area (Å²) in [6.07, 6.45) is 0. The number of ketones is 1. The Hall–Kier alpha value is -3.61. The summed E-state index contributed by atoms with van der Waals surface area (Å²) in [5, 5.41) is 15.8. The molecule has 0 saturated heterocycles. The highest BCUT2D eigenvalue weighted by molar-refractivity contribution is 5.99. The lowest BCUT2D eigenvalue weighted by atomic mass is 10.1. The average molecular weight is 352 g/mol. The highest BCUT2D eigenvalue weighted by atomic mass is 16.5. The molecule has 0 bridgehead atoms. The van der Waals surface area contributed by atoms with Crippen LogP contribution in [0.3, 0.4) is 0 Å². The van der Waals surface area contributed by atoms with Crippen molar-refractivity contribution in [3.8, 4) is 11.5 Å². The normalized spacial score (nSPS) is 10.5. The van der Waals surface area contributed by atoms with E-state index in [1.165, 1.54) is 26.2 Å². The minimum Gasteiger partial charge on any atom is -0.505 e. The number of benzene rings is 2. The molecular weight excluding hydrogens is 336 g/mol. The Kier molecular flexibility index (Phi) is 4.45. The second-order valence-electron chi connectivity index (χ2n) is 5.65. The van der Waals surface area contributed by atoms with E-state index < -0.39 is 10.9 Å². The smallest absolute Gasteiger partial charge is 0.253 e. The number of phenolic OH excluding ortho intramolecular Hbond substituents is 1. The molecule has 0 aromatic heterocycles. The second-order valence-corrected chi connectivity index (χ2v) is 5.65.